The van der Waals surface area contributed by atoms with E-state index in [-0.39, 0.29) is 29.8 Å². The monoisotopic (exact) mass is 502 g/mol. The van der Waals surface area contributed by atoms with Crippen molar-refractivity contribution in [2.75, 3.05) is 19.6 Å². The summed E-state index contributed by atoms with van der Waals surface area (Å²) in [6.07, 6.45) is 5.33. The van der Waals surface area contributed by atoms with Gasteiger partial charge in [-0.05, 0) is 61.2 Å². The molecule has 37 heavy (non-hydrogen) atoms. The van der Waals surface area contributed by atoms with Gasteiger partial charge in [0.05, 0.1) is 6.54 Å². The van der Waals surface area contributed by atoms with Crippen LogP contribution in [0.15, 0.2) is 73.1 Å². The summed E-state index contributed by atoms with van der Waals surface area (Å²) >= 11 is 0. The largest absolute Gasteiger partial charge is 0.356 e. The maximum absolute atomic E-state index is 14.4. The van der Waals surface area contributed by atoms with Crippen molar-refractivity contribution in [3.05, 3.63) is 102 Å². The zero-order valence-electron chi connectivity index (χ0n) is 20.4. The Morgan fingerprint density at radius 2 is 1.65 bits per heavy atom. The predicted molar refractivity (Wildman–Crippen MR) is 137 cm³/mol. The molecule has 2 aromatic carbocycles. The molecule has 4 aromatic rings. The van der Waals surface area contributed by atoms with Crippen LogP contribution < -0.4 is 5.32 Å². The van der Waals surface area contributed by atoms with E-state index in [1.54, 1.807) is 27.9 Å². The SMILES string of the molecule is O=C(NCCc1ccncc1)C1CCN(C(=O)c2cc3ccccc3n2Cc2c(F)cccc2F)CC1. The number of nitrogens with one attached hydrogen (secondary N) is 1. The van der Waals surface area contributed by atoms with Crippen LogP contribution in [0.3, 0.4) is 0 Å². The fraction of sp³-hybridized carbons (Fsp3) is 0.276. The minimum absolute atomic E-state index is 0.00490. The predicted octanol–water partition coefficient (Wildman–Crippen LogP) is 4.57. The highest BCUT2D eigenvalue weighted by Crippen LogP contribution is 2.26. The van der Waals surface area contributed by atoms with Crippen LogP contribution in [-0.2, 0) is 17.8 Å². The van der Waals surface area contributed by atoms with Crippen LogP contribution in [0, 0.1) is 17.6 Å². The molecule has 1 saturated heterocycles. The average Bonchev–Trinajstić information content (AvgIpc) is 3.29. The number of para-hydroxylation sites is 1. The highest BCUT2D eigenvalue weighted by Gasteiger charge is 2.29. The minimum Gasteiger partial charge on any atom is -0.356 e. The molecule has 0 spiro atoms. The van der Waals surface area contributed by atoms with Gasteiger partial charge in [0.25, 0.3) is 5.91 Å². The standard InChI is InChI=1S/C29H28F2N4O2/c30-24-5-3-6-25(31)23(24)19-35-26-7-2-1-4-22(26)18-27(35)29(37)34-16-11-21(12-17-34)28(36)33-15-10-20-8-13-32-14-9-20/h1-9,13-14,18,21H,10-12,15-17,19H2,(H,33,36). The minimum atomic E-state index is -0.646. The summed E-state index contributed by atoms with van der Waals surface area (Å²) in [5, 5.41) is 3.83. The smallest absolute Gasteiger partial charge is 0.270 e. The van der Waals surface area contributed by atoms with Gasteiger partial charge in [0.1, 0.15) is 17.3 Å². The molecule has 0 aliphatic carbocycles. The first kappa shape index (κ1) is 24.6. The third kappa shape index (κ3) is 5.38. The number of likely N-dealkylation sites (tertiary alicyclic amines) is 1. The number of hydrogen-bond acceptors (Lipinski definition) is 3. The number of halogens is 2. The summed E-state index contributed by atoms with van der Waals surface area (Å²) in [7, 11) is 0. The van der Waals surface area contributed by atoms with Crippen LogP contribution in [0.4, 0.5) is 8.78 Å². The summed E-state index contributed by atoms with van der Waals surface area (Å²) in [5.74, 6) is -1.64. The van der Waals surface area contributed by atoms with Gasteiger partial charge in [0.15, 0.2) is 0 Å². The van der Waals surface area contributed by atoms with Crippen LogP contribution in [-0.4, -0.2) is 45.9 Å². The lowest BCUT2D eigenvalue weighted by atomic mass is 9.95. The van der Waals surface area contributed by atoms with E-state index < -0.39 is 11.6 Å². The Hall–Kier alpha value is -4.07. The molecule has 1 N–H and O–H groups in total. The van der Waals surface area contributed by atoms with Gasteiger partial charge in [-0.3, -0.25) is 14.6 Å². The van der Waals surface area contributed by atoms with Gasteiger partial charge in [0.2, 0.25) is 5.91 Å². The molecule has 1 fully saturated rings. The number of benzene rings is 2. The Morgan fingerprint density at radius 1 is 0.946 bits per heavy atom. The Kier molecular flexibility index (Phi) is 7.25. The molecule has 2 amide bonds. The van der Waals surface area contributed by atoms with Crippen molar-refractivity contribution in [3.8, 4) is 0 Å². The van der Waals surface area contributed by atoms with E-state index in [0.29, 0.717) is 38.2 Å². The van der Waals surface area contributed by atoms with Gasteiger partial charge in [-0.1, -0.05) is 24.3 Å². The lowest BCUT2D eigenvalue weighted by Crippen LogP contribution is -2.43. The summed E-state index contributed by atoms with van der Waals surface area (Å²) in [6.45, 7) is 1.34. The molecular weight excluding hydrogens is 474 g/mol. The Bertz CT molecular complexity index is 1390. The van der Waals surface area contributed by atoms with Crippen LogP contribution in [0.1, 0.15) is 34.5 Å². The zero-order chi connectivity index (χ0) is 25.8. The number of aromatic nitrogens is 2. The normalized spacial score (nSPS) is 14.2. The van der Waals surface area contributed by atoms with E-state index in [1.807, 2.05) is 36.4 Å². The van der Waals surface area contributed by atoms with Gasteiger partial charge >= 0.3 is 0 Å². The first-order valence-corrected chi connectivity index (χ1v) is 12.5. The lowest BCUT2D eigenvalue weighted by Gasteiger charge is -2.31. The molecule has 0 radical (unpaired) electrons. The van der Waals surface area contributed by atoms with E-state index in [0.717, 1.165) is 22.9 Å². The maximum atomic E-state index is 14.4. The second-order valence-corrected chi connectivity index (χ2v) is 9.34. The molecular formula is C29H28F2N4O2. The highest BCUT2D eigenvalue weighted by molar-refractivity contribution is 5.99. The third-order valence-corrected chi connectivity index (χ3v) is 7.02. The van der Waals surface area contributed by atoms with Crippen LogP contribution in [0.2, 0.25) is 0 Å². The number of piperidine rings is 1. The fourth-order valence-corrected chi connectivity index (χ4v) is 4.93. The van der Waals surface area contributed by atoms with Crippen LogP contribution in [0.25, 0.3) is 10.9 Å². The molecule has 1 aliphatic rings. The quantitative estimate of drug-likeness (QED) is 0.403. The van der Waals surface area contributed by atoms with Gasteiger partial charge in [-0.15, -0.1) is 0 Å². The number of carbonyl (C=O) groups is 2. The van der Waals surface area contributed by atoms with Crippen molar-refractivity contribution < 1.29 is 18.4 Å². The van der Waals surface area contributed by atoms with E-state index in [4.69, 9.17) is 0 Å². The fourth-order valence-electron chi connectivity index (χ4n) is 4.93. The van der Waals surface area contributed by atoms with E-state index in [1.165, 1.54) is 18.2 Å². The lowest BCUT2D eigenvalue weighted by molar-refractivity contribution is -0.126. The number of carbonyl (C=O) groups excluding carboxylic acids is 2. The highest BCUT2D eigenvalue weighted by atomic mass is 19.1. The molecule has 0 saturated carbocycles. The van der Waals surface area contributed by atoms with E-state index in [2.05, 4.69) is 10.3 Å². The van der Waals surface area contributed by atoms with Gasteiger partial charge < -0.3 is 14.8 Å². The first-order chi connectivity index (χ1) is 18.0. The molecule has 8 heteroatoms. The van der Waals surface area contributed by atoms with E-state index in [9.17, 15) is 18.4 Å². The Balaban J connectivity index is 1.26. The number of nitrogens with zero attached hydrogens (tertiary/aromatic N) is 3. The van der Waals surface area contributed by atoms with E-state index >= 15 is 0 Å². The van der Waals surface area contributed by atoms with Gasteiger partial charge in [-0.2, -0.15) is 0 Å². The maximum Gasteiger partial charge on any atom is 0.270 e. The van der Waals surface area contributed by atoms with Crippen molar-refractivity contribution in [3.63, 3.8) is 0 Å². The number of pyridine rings is 1. The molecule has 0 atom stereocenters. The number of fused-ring (bicyclic) bond motifs is 1. The Morgan fingerprint density at radius 3 is 2.38 bits per heavy atom. The molecule has 2 aromatic heterocycles. The molecule has 6 nitrogen and oxygen atoms in total. The molecule has 5 rings (SSSR count). The summed E-state index contributed by atoms with van der Waals surface area (Å²) in [6, 6.07) is 16.8. The summed E-state index contributed by atoms with van der Waals surface area (Å²) in [5.41, 5.74) is 2.14. The molecule has 190 valence electrons. The Labute approximate surface area is 213 Å². The first-order valence-electron chi connectivity index (χ1n) is 12.5. The molecule has 0 bridgehead atoms. The number of amides is 2. The number of rotatable bonds is 7. The van der Waals surface area contributed by atoms with Crippen LogP contribution >= 0.6 is 0 Å². The summed E-state index contributed by atoms with van der Waals surface area (Å²) < 4.78 is 30.6. The average molecular weight is 503 g/mol. The summed E-state index contributed by atoms with van der Waals surface area (Å²) in [4.78, 5) is 32.0. The van der Waals surface area contributed by atoms with Crippen molar-refractivity contribution in [1.82, 2.24) is 19.8 Å². The third-order valence-electron chi connectivity index (χ3n) is 7.02. The second-order valence-electron chi connectivity index (χ2n) is 9.34. The molecule has 0 unspecified atom stereocenters. The molecule has 1 aliphatic heterocycles. The second kappa shape index (κ2) is 10.9. The zero-order valence-corrected chi connectivity index (χ0v) is 20.4. The van der Waals surface area contributed by atoms with Crippen molar-refractivity contribution >= 4 is 22.7 Å². The van der Waals surface area contributed by atoms with Crippen molar-refractivity contribution in [2.45, 2.75) is 25.8 Å². The van der Waals surface area contributed by atoms with Gasteiger partial charge in [0, 0.05) is 54.4 Å². The van der Waals surface area contributed by atoms with Crippen molar-refractivity contribution in [1.29, 1.82) is 0 Å². The molecule has 3 heterocycles. The van der Waals surface area contributed by atoms with Gasteiger partial charge in [-0.25, -0.2) is 8.78 Å². The topological polar surface area (TPSA) is 67.2 Å². The number of hydrogen-bond donors (Lipinski definition) is 1. The van der Waals surface area contributed by atoms with Crippen LogP contribution in [0.5, 0.6) is 0 Å². The van der Waals surface area contributed by atoms with Crippen molar-refractivity contribution in [2.24, 2.45) is 5.92 Å².